The van der Waals surface area contributed by atoms with E-state index in [9.17, 15) is 9.59 Å². The van der Waals surface area contributed by atoms with E-state index < -0.39 is 5.97 Å². The van der Waals surface area contributed by atoms with Gasteiger partial charge in [-0.3, -0.25) is 9.59 Å². The normalized spacial score (nSPS) is 12.2. The lowest BCUT2D eigenvalue weighted by Crippen LogP contribution is -2.18. The monoisotopic (exact) mass is 649 g/mol. The van der Waals surface area contributed by atoms with Crippen LogP contribution < -0.4 is 0 Å². The molecule has 1 unspecified atom stereocenters. The van der Waals surface area contributed by atoms with Crippen molar-refractivity contribution in [3.8, 4) is 0 Å². The van der Waals surface area contributed by atoms with Gasteiger partial charge in [0.2, 0.25) is 0 Å². The maximum absolute atomic E-state index is 12.5. The molecular formula is C42H80O4. The van der Waals surface area contributed by atoms with Crippen LogP contribution in [0, 0.1) is 0 Å². The Bertz CT molecular complexity index is 658. The van der Waals surface area contributed by atoms with Gasteiger partial charge in [0.1, 0.15) is 6.10 Å². The fraction of sp³-hybridized carbons (Fsp3) is 0.905. The Morgan fingerprint density at radius 1 is 0.457 bits per heavy atom. The van der Waals surface area contributed by atoms with Crippen LogP contribution in [0.5, 0.6) is 0 Å². The minimum atomic E-state index is -0.767. The lowest BCUT2D eigenvalue weighted by atomic mass is 10.0. The van der Waals surface area contributed by atoms with Crippen molar-refractivity contribution in [1.29, 1.82) is 0 Å². The van der Waals surface area contributed by atoms with E-state index in [2.05, 4.69) is 26.0 Å². The molecule has 0 bridgehead atoms. The quantitative estimate of drug-likeness (QED) is 0.0411. The Balaban J connectivity index is 3.78. The maximum Gasteiger partial charge on any atom is 0.306 e. The molecule has 0 saturated carbocycles. The van der Waals surface area contributed by atoms with Gasteiger partial charge in [0.15, 0.2) is 0 Å². The molecule has 0 aliphatic carbocycles. The van der Waals surface area contributed by atoms with Gasteiger partial charge in [0.05, 0.1) is 0 Å². The number of carboxylic acid groups (broad SMARTS) is 1. The average Bonchev–Trinajstić information content (AvgIpc) is 3.04. The van der Waals surface area contributed by atoms with Gasteiger partial charge in [-0.1, -0.05) is 180 Å². The zero-order chi connectivity index (χ0) is 33.6. The van der Waals surface area contributed by atoms with Crippen LogP contribution in [0.4, 0.5) is 0 Å². The molecule has 0 radical (unpaired) electrons. The van der Waals surface area contributed by atoms with Gasteiger partial charge in [-0.05, 0) is 57.8 Å². The molecule has 0 rings (SSSR count). The number of carbonyl (C=O) groups is 2. The molecule has 272 valence electrons. The predicted molar refractivity (Wildman–Crippen MR) is 200 cm³/mol. The smallest absolute Gasteiger partial charge is 0.306 e. The van der Waals surface area contributed by atoms with Gasteiger partial charge in [-0.2, -0.15) is 0 Å². The number of aliphatic carboxylic acids is 1. The minimum absolute atomic E-state index is 0.0927. The fourth-order valence-electron chi connectivity index (χ4n) is 6.42. The molecule has 0 aliphatic heterocycles. The van der Waals surface area contributed by atoms with Crippen LogP contribution in [-0.4, -0.2) is 23.1 Å². The third-order valence-electron chi connectivity index (χ3n) is 9.49. The van der Waals surface area contributed by atoms with Crippen LogP contribution in [0.3, 0.4) is 0 Å². The topological polar surface area (TPSA) is 63.6 Å². The first-order chi connectivity index (χ1) is 22.6. The summed E-state index contributed by atoms with van der Waals surface area (Å²) in [7, 11) is 0. The zero-order valence-corrected chi connectivity index (χ0v) is 31.2. The summed E-state index contributed by atoms with van der Waals surface area (Å²) in [5.74, 6) is -0.860. The fourth-order valence-corrected chi connectivity index (χ4v) is 6.42. The molecule has 0 amide bonds. The van der Waals surface area contributed by atoms with Gasteiger partial charge in [-0.25, -0.2) is 0 Å². The SMILES string of the molecule is CCCCCCCC/C=C\CCCCCCCC(=O)OC(CCCCCCCCCCCCCCCCCCC)CCCC(=O)O. The number of carboxylic acids is 1. The predicted octanol–water partition coefficient (Wildman–Crippen LogP) is 14.2. The van der Waals surface area contributed by atoms with E-state index in [-0.39, 0.29) is 18.5 Å². The number of ether oxygens (including phenoxy) is 1. The van der Waals surface area contributed by atoms with Crippen molar-refractivity contribution >= 4 is 11.9 Å². The first-order valence-electron chi connectivity index (χ1n) is 20.7. The first-order valence-corrected chi connectivity index (χ1v) is 20.7. The molecule has 0 aliphatic rings. The Kier molecular flexibility index (Phi) is 37.0. The van der Waals surface area contributed by atoms with Crippen molar-refractivity contribution in [2.45, 2.75) is 245 Å². The Morgan fingerprint density at radius 2 is 0.804 bits per heavy atom. The van der Waals surface area contributed by atoms with Gasteiger partial charge in [0.25, 0.3) is 0 Å². The average molecular weight is 649 g/mol. The van der Waals surface area contributed by atoms with E-state index in [1.54, 1.807) is 0 Å². The summed E-state index contributed by atoms with van der Waals surface area (Å²) < 4.78 is 5.84. The number of hydrogen-bond donors (Lipinski definition) is 1. The maximum atomic E-state index is 12.5. The summed E-state index contributed by atoms with van der Waals surface area (Å²) in [4.78, 5) is 23.5. The number of hydrogen-bond acceptors (Lipinski definition) is 3. The summed E-state index contributed by atoms with van der Waals surface area (Å²) in [5.41, 5.74) is 0. The van der Waals surface area contributed by atoms with Crippen molar-refractivity contribution in [2.75, 3.05) is 0 Å². The molecule has 0 saturated heterocycles. The number of unbranched alkanes of at least 4 members (excludes halogenated alkanes) is 27. The first kappa shape index (κ1) is 44.7. The van der Waals surface area contributed by atoms with Crippen LogP contribution in [0.2, 0.25) is 0 Å². The number of esters is 1. The lowest BCUT2D eigenvalue weighted by Gasteiger charge is -2.18. The number of carbonyl (C=O) groups excluding carboxylic acids is 1. The van der Waals surface area contributed by atoms with Crippen LogP contribution >= 0.6 is 0 Å². The molecular weight excluding hydrogens is 568 g/mol. The molecule has 0 fully saturated rings. The van der Waals surface area contributed by atoms with E-state index in [4.69, 9.17) is 9.84 Å². The summed E-state index contributed by atoms with van der Waals surface area (Å²) in [6, 6.07) is 0. The second-order valence-corrected chi connectivity index (χ2v) is 14.2. The molecule has 0 spiro atoms. The third-order valence-corrected chi connectivity index (χ3v) is 9.49. The second kappa shape index (κ2) is 38.1. The molecule has 0 aromatic rings. The lowest BCUT2D eigenvalue weighted by molar-refractivity contribution is -0.150. The van der Waals surface area contributed by atoms with Crippen LogP contribution in [0.15, 0.2) is 12.2 Å². The van der Waals surface area contributed by atoms with E-state index in [0.29, 0.717) is 19.3 Å². The molecule has 0 heterocycles. The summed E-state index contributed by atoms with van der Waals surface area (Å²) in [5, 5.41) is 9.03. The highest BCUT2D eigenvalue weighted by Crippen LogP contribution is 2.18. The second-order valence-electron chi connectivity index (χ2n) is 14.2. The van der Waals surface area contributed by atoms with Gasteiger partial charge in [-0.15, -0.1) is 0 Å². The van der Waals surface area contributed by atoms with Crippen molar-refractivity contribution in [3.63, 3.8) is 0 Å². The molecule has 46 heavy (non-hydrogen) atoms. The van der Waals surface area contributed by atoms with Crippen molar-refractivity contribution < 1.29 is 19.4 Å². The van der Waals surface area contributed by atoms with Crippen LogP contribution in [0.1, 0.15) is 239 Å². The zero-order valence-electron chi connectivity index (χ0n) is 31.2. The van der Waals surface area contributed by atoms with Crippen molar-refractivity contribution in [1.82, 2.24) is 0 Å². The Labute approximate surface area is 287 Å². The van der Waals surface area contributed by atoms with E-state index in [1.165, 1.54) is 173 Å². The van der Waals surface area contributed by atoms with Crippen molar-refractivity contribution in [3.05, 3.63) is 12.2 Å². The van der Waals surface area contributed by atoms with E-state index in [1.807, 2.05) is 0 Å². The van der Waals surface area contributed by atoms with Crippen LogP contribution in [0.25, 0.3) is 0 Å². The summed E-state index contributed by atoms with van der Waals surface area (Å²) in [6.07, 6.45) is 46.6. The van der Waals surface area contributed by atoms with E-state index >= 15 is 0 Å². The minimum Gasteiger partial charge on any atom is -0.481 e. The number of rotatable bonds is 38. The van der Waals surface area contributed by atoms with Gasteiger partial charge in [0, 0.05) is 12.8 Å². The Hall–Kier alpha value is -1.32. The van der Waals surface area contributed by atoms with Gasteiger partial charge < -0.3 is 9.84 Å². The molecule has 4 nitrogen and oxygen atoms in total. The van der Waals surface area contributed by atoms with E-state index in [0.717, 1.165) is 25.7 Å². The molecule has 0 aromatic heterocycles. The molecule has 1 N–H and O–H groups in total. The largest absolute Gasteiger partial charge is 0.481 e. The van der Waals surface area contributed by atoms with Gasteiger partial charge >= 0.3 is 11.9 Å². The Morgan fingerprint density at radius 3 is 1.22 bits per heavy atom. The molecule has 1 atom stereocenters. The number of allylic oxidation sites excluding steroid dienone is 2. The molecule has 4 heteroatoms. The highest BCUT2D eigenvalue weighted by atomic mass is 16.5. The third kappa shape index (κ3) is 37.1. The van der Waals surface area contributed by atoms with Crippen LogP contribution in [-0.2, 0) is 14.3 Å². The standard InChI is InChI=1S/C42H80O4/c1-3-5-7-9-11-13-15-17-19-20-22-23-25-27-29-31-33-36-40(37-35-38-41(43)44)46-42(45)39-34-32-30-28-26-24-21-18-16-14-12-10-8-6-4-2/h18,21,40H,3-17,19-20,22-39H2,1-2H3,(H,43,44)/b21-18-. The highest BCUT2D eigenvalue weighted by molar-refractivity contribution is 5.69. The highest BCUT2D eigenvalue weighted by Gasteiger charge is 2.15. The molecule has 0 aromatic carbocycles. The summed E-state index contributed by atoms with van der Waals surface area (Å²) in [6.45, 7) is 4.55. The van der Waals surface area contributed by atoms with Crippen molar-refractivity contribution in [2.24, 2.45) is 0 Å². The summed E-state index contributed by atoms with van der Waals surface area (Å²) >= 11 is 0.